The van der Waals surface area contributed by atoms with Gasteiger partial charge in [-0.2, -0.15) is 0 Å². The van der Waals surface area contributed by atoms with Crippen LogP contribution in [0.4, 0.5) is 0 Å². The first-order valence-corrected chi connectivity index (χ1v) is 4.26. The zero-order valence-corrected chi connectivity index (χ0v) is 8.33. The Morgan fingerprint density at radius 3 is 2.46 bits per heavy atom. The van der Waals surface area contributed by atoms with E-state index in [-0.39, 0.29) is 18.4 Å². The van der Waals surface area contributed by atoms with Gasteiger partial charge in [0.15, 0.2) is 0 Å². The monoisotopic (exact) mass is 187 g/mol. The highest BCUT2D eigenvalue weighted by molar-refractivity contribution is 5.86. The fourth-order valence-corrected chi connectivity index (χ4v) is 0.894. The lowest BCUT2D eigenvalue weighted by atomic mass is 10.3. The number of nitrogens with zero attached hydrogens (tertiary/aromatic N) is 1. The van der Waals surface area contributed by atoms with Crippen LogP contribution in [0.15, 0.2) is 0 Å². The molecule has 76 valence electrons. The molecule has 5 heteroatoms. The summed E-state index contributed by atoms with van der Waals surface area (Å²) in [6, 6.07) is -0.556. The maximum atomic E-state index is 11.2. The Balaban J connectivity index is 3.92. The third kappa shape index (κ3) is 4.47. The van der Waals surface area contributed by atoms with E-state index < -0.39 is 6.04 Å². The molecule has 0 aromatic carbocycles. The molecule has 0 bridgehead atoms. The highest BCUT2D eigenvalue weighted by atomic mass is 16.2. The van der Waals surface area contributed by atoms with Crippen molar-refractivity contribution in [2.75, 3.05) is 20.1 Å². The van der Waals surface area contributed by atoms with Gasteiger partial charge in [0, 0.05) is 13.6 Å². The van der Waals surface area contributed by atoms with E-state index in [1.54, 1.807) is 14.0 Å². The summed E-state index contributed by atoms with van der Waals surface area (Å²) in [6.07, 6.45) is 0. The first-order valence-electron chi connectivity index (χ1n) is 4.26. The molecule has 0 heterocycles. The Morgan fingerprint density at radius 2 is 2.08 bits per heavy atom. The molecule has 0 unspecified atom stereocenters. The van der Waals surface area contributed by atoms with Crippen LogP contribution in [-0.4, -0.2) is 42.9 Å². The Kier molecular flexibility index (Phi) is 5.06. The SMILES string of the molecule is CCNC(=O)CN(C)C(=O)[C@H](C)N. The van der Waals surface area contributed by atoms with Crippen molar-refractivity contribution >= 4 is 11.8 Å². The van der Waals surface area contributed by atoms with E-state index in [9.17, 15) is 9.59 Å². The van der Waals surface area contributed by atoms with Gasteiger partial charge in [-0.3, -0.25) is 9.59 Å². The number of nitrogens with one attached hydrogen (secondary N) is 1. The largest absolute Gasteiger partial charge is 0.355 e. The maximum Gasteiger partial charge on any atom is 0.239 e. The number of carbonyl (C=O) groups excluding carboxylic acids is 2. The Bertz CT molecular complexity index is 192. The van der Waals surface area contributed by atoms with E-state index in [0.29, 0.717) is 6.54 Å². The summed E-state index contributed by atoms with van der Waals surface area (Å²) >= 11 is 0. The van der Waals surface area contributed by atoms with Gasteiger partial charge in [0.1, 0.15) is 0 Å². The molecule has 0 aliphatic carbocycles. The van der Waals surface area contributed by atoms with E-state index in [0.717, 1.165) is 0 Å². The third-order valence-electron chi connectivity index (χ3n) is 1.52. The molecule has 0 fully saturated rings. The van der Waals surface area contributed by atoms with Crippen LogP contribution >= 0.6 is 0 Å². The molecule has 0 aromatic rings. The number of hydrogen-bond donors (Lipinski definition) is 2. The summed E-state index contributed by atoms with van der Waals surface area (Å²) in [4.78, 5) is 23.6. The average molecular weight is 187 g/mol. The van der Waals surface area contributed by atoms with Gasteiger partial charge >= 0.3 is 0 Å². The highest BCUT2D eigenvalue weighted by Crippen LogP contribution is 1.88. The normalized spacial score (nSPS) is 12.0. The molecule has 0 saturated heterocycles. The molecule has 13 heavy (non-hydrogen) atoms. The number of rotatable bonds is 4. The van der Waals surface area contributed by atoms with Gasteiger partial charge in [0.25, 0.3) is 0 Å². The van der Waals surface area contributed by atoms with Gasteiger partial charge in [-0.1, -0.05) is 0 Å². The predicted octanol–water partition coefficient (Wildman–Crippen LogP) is -1.07. The fourth-order valence-electron chi connectivity index (χ4n) is 0.894. The second kappa shape index (κ2) is 5.53. The lowest BCUT2D eigenvalue weighted by molar-refractivity contribution is -0.135. The highest BCUT2D eigenvalue weighted by Gasteiger charge is 2.15. The van der Waals surface area contributed by atoms with Gasteiger partial charge in [-0.25, -0.2) is 0 Å². The number of amides is 2. The first-order chi connectivity index (χ1) is 5.99. The van der Waals surface area contributed by atoms with Crippen LogP contribution in [-0.2, 0) is 9.59 Å². The van der Waals surface area contributed by atoms with Crippen molar-refractivity contribution in [3.05, 3.63) is 0 Å². The molecule has 0 saturated carbocycles. The van der Waals surface area contributed by atoms with Gasteiger partial charge < -0.3 is 16.0 Å². The predicted molar refractivity (Wildman–Crippen MR) is 50.0 cm³/mol. The summed E-state index contributed by atoms with van der Waals surface area (Å²) in [5, 5.41) is 2.60. The lowest BCUT2D eigenvalue weighted by Crippen LogP contribution is -2.44. The Morgan fingerprint density at radius 1 is 1.54 bits per heavy atom. The average Bonchev–Trinajstić information content (AvgIpc) is 2.03. The smallest absolute Gasteiger partial charge is 0.239 e. The van der Waals surface area contributed by atoms with Gasteiger partial charge in [0.05, 0.1) is 12.6 Å². The topological polar surface area (TPSA) is 75.4 Å². The summed E-state index contributed by atoms with van der Waals surface area (Å²) < 4.78 is 0. The number of likely N-dealkylation sites (N-methyl/N-ethyl adjacent to an activating group) is 2. The van der Waals surface area contributed by atoms with Gasteiger partial charge in [-0.15, -0.1) is 0 Å². The van der Waals surface area contributed by atoms with E-state index in [2.05, 4.69) is 5.32 Å². The minimum absolute atomic E-state index is 0.0637. The number of nitrogens with two attached hydrogens (primary N) is 1. The van der Waals surface area contributed by atoms with Crippen LogP contribution < -0.4 is 11.1 Å². The molecular weight excluding hydrogens is 170 g/mol. The quantitative estimate of drug-likeness (QED) is 0.588. The van der Waals surface area contributed by atoms with E-state index in [1.165, 1.54) is 4.90 Å². The molecule has 2 amide bonds. The van der Waals surface area contributed by atoms with Crippen LogP contribution in [0.1, 0.15) is 13.8 Å². The summed E-state index contributed by atoms with van der Waals surface area (Å²) in [5.41, 5.74) is 5.36. The van der Waals surface area contributed by atoms with E-state index in [4.69, 9.17) is 5.73 Å². The van der Waals surface area contributed by atoms with Crippen molar-refractivity contribution in [2.45, 2.75) is 19.9 Å². The van der Waals surface area contributed by atoms with Crippen LogP contribution in [0.2, 0.25) is 0 Å². The van der Waals surface area contributed by atoms with Crippen molar-refractivity contribution in [1.29, 1.82) is 0 Å². The molecule has 1 atom stereocenters. The summed E-state index contributed by atoms with van der Waals surface area (Å²) in [6.45, 7) is 4.05. The van der Waals surface area contributed by atoms with E-state index >= 15 is 0 Å². The molecule has 0 rings (SSSR count). The van der Waals surface area contributed by atoms with Crippen molar-refractivity contribution in [1.82, 2.24) is 10.2 Å². The molecular formula is C8H17N3O2. The zero-order valence-electron chi connectivity index (χ0n) is 8.33. The molecule has 0 radical (unpaired) electrons. The van der Waals surface area contributed by atoms with Crippen molar-refractivity contribution in [3.63, 3.8) is 0 Å². The molecule has 5 nitrogen and oxygen atoms in total. The summed E-state index contributed by atoms with van der Waals surface area (Å²) in [7, 11) is 1.56. The number of hydrogen-bond acceptors (Lipinski definition) is 3. The Labute approximate surface area is 78.3 Å². The number of carbonyl (C=O) groups is 2. The third-order valence-corrected chi connectivity index (χ3v) is 1.52. The fraction of sp³-hybridized carbons (Fsp3) is 0.750. The molecule has 0 aliphatic heterocycles. The Hall–Kier alpha value is -1.10. The van der Waals surface area contributed by atoms with Crippen LogP contribution in [0.25, 0.3) is 0 Å². The second-order valence-corrected chi connectivity index (χ2v) is 2.94. The zero-order chi connectivity index (χ0) is 10.4. The lowest BCUT2D eigenvalue weighted by Gasteiger charge is -2.18. The van der Waals surface area contributed by atoms with Gasteiger partial charge in [-0.05, 0) is 13.8 Å². The van der Waals surface area contributed by atoms with Crippen molar-refractivity contribution < 1.29 is 9.59 Å². The maximum absolute atomic E-state index is 11.2. The molecule has 0 spiro atoms. The second-order valence-electron chi connectivity index (χ2n) is 2.94. The molecule has 0 aromatic heterocycles. The van der Waals surface area contributed by atoms with Crippen molar-refractivity contribution in [3.8, 4) is 0 Å². The first kappa shape index (κ1) is 11.9. The van der Waals surface area contributed by atoms with Crippen LogP contribution in [0.3, 0.4) is 0 Å². The summed E-state index contributed by atoms with van der Waals surface area (Å²) in [5.74, 6) is -0.398. The van der Waals surface area contributed by atoms with Gasteiger partial charge in [0.2, 0.25) is 11.8 Å². The standard InChI is InChI=1S/C8H17N3O2/c1-4-10-7(12)5-11(3)8(13)6(2)9/h6H,4-5,9H2,1-3H3,(H,10,12)/t6-/m0/s1. The minimum Gasteiger partial charge on any atom is -0.355 e. The van der Waals surface area contributed by atoms with Crippen molar-refractivity contribution in [2.24, 2.45) is 5.73 Å². The van der Waals surface area contributed by atoms with Crippen LogP contribution in [0.5, 0.6) is 0 Å². The van der Waals surface area contributed by atoms with Crippen LogP contribution in [0, 0.1) is 0 Å². The minimum atomic E-state index is -0.556. The molecule has 3 N–H and O–H groups in total. The molecule has 0 aliphatic rings. The van der Waals surface area contributed by atoms with E-state index in [1.807, 2.05) is 6.92 Å².